The van der Waals surface area contributed by atoms with Gasteiger partial charge >= 0.3 is 11.9 Å². The fraction of sp³-hybridized carbons (Fsp3) is 0.778. The van der Waals surface area contributed by atoms with E-state index in [1.165, 1.54) is 205 Å². The number of carbonyl (C=O) groups is 2. The highest BCUT2D eigenvalue weighted by atomic mass is 32.2. The standard InChI is InChI=1S/C54H94O7S/c1-3-5-7-9-11-13-15-17-19-21-23-25-27-29-31-33-35-37-39-41-43-47-60-53(55)51-46-45-50(62(57,58)59)49-52(51)54(56)61-48-44-42-40-38-36-34-32-30-28-26-24-22-20-18-16-14-12-10-8-6-4-2/h3-4,45-46,49H,1-2,5-44,47-48H2,(H,57,58,59). The van der Waals surface area contributed by atoms with Gasteiger partial charge in [0.05, 0.1) is 29.2 Å². The summed E-state index contributed by atoms with van der Waals surface area (Å²) in [5, 5.41) is 0. The summed E-state index contributed by atoms with van der Waals surface area (Å²) >= 11 is 0. The van der Waals surface area contributed by atoms with E-state index in [1.807, 2.05) is 12.2 Å². The van der Waals surface area contributed by atoms with Crippen LogP contribution in [0.1, 0.15) is 278 Å². The zero-order valence-corrected chi connectivity index (χ0v) is 40.6. The quantitative estimate of drug-likeness (QED) is 0.0301. The third kappa shape index (κ3) is 35.0. The molecule has 0 bridgehead atoms. The number of allylic oxidation sites excluding steroid dienone is 2. The smallest absolute Gasteiger partial charge is 0.339 e. The molecule has 0 amide bonds. The van der Waals surface area contributed by atoms with Gasteiger partial charge in [-0.25, -0.2) is 9.59 Å². The summed E-state index contributed by atoms with van der Waals surface area (Å²) < 4.78 is 44.1. The molecule has 0 aliphatic heterocycles. The molecule has 0 unspecified atom stereocenters. The molecule has 1 rings (SSSR count). The zero-order valence-electron chi connectivity index (χ0n) is 39.8. The fourth-order valence-electron chi connectivity index (χ4n) is 8.31. The van der Waals surface area contributed by atoms with Crippen LogP contribution in [0.2, 0.25) is 0 Å². The molecule has 0 aliphatic carbocycles. The minimum absolute atomic E-state index is 0.0556. The number of ether oxygens (including phenoxy) is 2. The maximum atomic E-state index is 13.0. The number of hydrogen-bond acceptors (Lipinski definition) is 6. The van der Waals surface area contributed by atoms with Crippen LogP contribution in [0.3, 0.4) is 0 Å². The van der Waals surface area contributed by atoms with Crippen molar-refractivity contribution >= 4 is 22.1 Å². The second-order valence-electron chi connectivity index (χ2n) is 18.0. The lowest BCUT2D eigenvalue weighted by atomic mass is 10.0. The van der Waals surface area contributed by atoms with Gasteiger partial charge in [-0.15, -0.1) is 13.2 Å². The highest BCUT2D eigenvalue weighted by Crippen LogP contribution is 2.21. The van der Waals surface area contributed by atoms with E-state index in [1.54, 1.807) is 0 Å². The van der Waals surface area contributed by atoms with Gasteiger partial charge in [-0.3, -0.25) is 4.55 Å². The first-order chi connectivity index (χ1) is 30.3. The Morgan fingerprint density at radius 3 is 0.903 bits per heavy atom. The van der Waals surface area contributed by atoms with Gasteiger partial charge in [0, 0.05) is 0 Å². The Bertz CT molecular complexity index is 1340. The van der Waals surface area contributed by atoms with Gasteiger partial charge in [-0.1, -0.05) is 230 Å². The van der Waals surface area contributed by atoms with Crippen LogP contribution in [0.25, 0.3) is 0 Å². The number of benzene rings is 1. The van der Waals surface area contributed by atoms with E-state index in [2.05, 4.69) is 13.2 Å². The van der Waals surface area contributed by atoms with Gasteiger partial charge in [0.25, 0.3) is 10.1 Å². The van der Waals surface area contributed by atoms with Crippen LogP contribution in [0.5, 0.6) is 0 Å². The molecule has 0 spiro atoms. The van der Waals surface area contributed by atoms with E-state index in [0.717, 1.165) is 63.5 Å². The van der Waals surface area contributed by atoms with E-state index in [4.69, 9.17) is 9.47 Å². The van der Waals surface area contributed by atoms with E-state index in [0.29, 0.717) is 6.42 Å². The molecule has 0 saturated carbocycles. The number of hydrogen-bond donors (Lipinski definition) is 1. The van der Waals surface area contributed by atoms with Crippen LogP contribution < -0.4 is 0 Å². The predicted octanol–water partition coefficient (Wildman–Crippen LogP) is 17.2. The van der Waals surface area contributed by atoms with Crippen molar-refractivity contribution in [2.75, 3.05) is 13.2 Å². The summed E-state index contributed by atoms with van der Waals surface area (Å²) in [5.41, 5.74) is -0.261. The van der Waals surface area contributed by atoms with Crippen LogP contribution in [0.15, 0.2) is 48.4 Å². The summed E-state index contributed by atoms with van der Waals surface area (Å²) in [6, 6.07) is 3.33. The van der Waals surface area contributed by atoms with Crippen molar-refractivity contribution < 1.29 is 32.0 Å². The Hall–Kier alpha value is -2.45. The summed E-state index contributed by atoms with van der Waals surface area (Å²) in [4.78, 5) is 25.5. The molecule has 0 fully saturated rings. The van der Waals surface area contributed by atoms with Gasteiger partial charge in [0.15, 0.2) is 0 Å². The summed E-state index contributed by atoms with van der Waals surface area (Å²) in [5.74, 6) is -1.49. The third-order valence-electron chi connectivity index (χ3n) is 12.3. The van der Waals surface area contributed by atoms with Crippen LogP contribution >= 0.6 is 0 Å². The monoisotopic (exact) mass is 887 g/mol. The predicted molar refractivity (Wildman–Crippen MR) is 262 cm³/mol. The van der Waals surface area contributed by atoms with E-state index < -0.39 is 27.0 Å². The molecule has 0 radical (unpaired) electrons. The second-order valence-corrected chi connectivity index (χ2v) is 19.5. The molecule has 0 atom stereocenters. The molecule has 1 N–H and O–H groups in total. The molecule has 358 valence electrons. The normalized spacial score (nSPS) is 11.5. The summed E-state index contributed by atoms with van der Waals surface area (Å²) in [6.07, 6.45) is 54.6. The maximum Gasteiger partial charge on any atom is 0.339 e. The third-order valence-corrected chi connectivity index (χ3v) is 13.1. The molecule has 0 aromatic heterocycles. The van der Waals surface area contributed by atoms with Gasteiger partial charge < -0.3 is 9.47 Å². The van der Waals surface area contributed by atoms with Gasteiger partial charge in [0.1, 0.15) is 0 Å². The SMILES string of the molecule is C=CCCCCCCCCCCCCCCCCCCCCCOC(=O)c1ccc(S(=O)(=O)O)cc1C(=O)OCCCCCCCCCCCCCCCCCCCCCC=C. The van der Waals surface area contributed by atoms with Crippen molar-refractivity contribution in [1.82, 2.24) is 0 Å². The lowest BCUT2D eigenvalue weighted by Crippen LogP contribution is -2.16. The molecule has 1 aromatic carbocycles. The molecule has 1 aromatic rings. The molecule has 0 saturated heterocycles. The van der Waals surface area contributed by atoms with Gasteiger partial charge in [-0.05, 0) is 56.7 Å². The zero-order chi connectivity index (χ0) is 45.0. The Labute approximate surface area is 382 Å². The highest BCUT2D eigenvalue weighted by Gasteiger charge is 2.23. The molecule has 7 nitrogen and oxygen atoms in total. The number of carbonyl (C=O) groups excluding carboxylic acids is 2. The first kappa shape index (κ1) is 57.6. The minimum atomic E-state index is -4.57. The molecule has 62 heavy (non-hydrogen) atoms. The van der Waals surface area contributed by atoms with Crippen molar-refractivity contribution in [3.8, 4) is 0 Å². The first-order valence-corrected chi connectivity index (χ1v) is 27.4. The first-order valence-electron chi connectivity index (χ1n) is 26.0. The molecule has 8 heteroatoms. The Kier molecular flexibility index (Phi) is 39.5. The maximum absolute atomic E-state index is 13.0. The lowest BCUT2D eigenvalue weighted by Gasteiger charge is -2.11. The summed E-state index contributed by atoms with van der Waals surface area (Å²) in [6.45, 7) is 7.98. The number of esters is 2. The van der Waals surface area contributed by atoms with Crippen molar-refractivity contribution in [2.45, 2.75) is 262 Å². The van der Waals surface area contributed by atoms with Crippen LogP contribution in [0, 0.1) is 0 Å². The Morgan fingerprint density at radius 1 is 0.403 bits per heavy atom. The number of rotatable bonds is 47. The molecular formula is C54H94O7S. The molecular weight excluding hydrogens is 793 g/mol. The van der Waals surface area contributed by atoms with E-state index in [-0.39, 0.29) is 24.3 Å². The largest absolute Gasteiger partial charge is 0.462 e. The van der Waals surface area contributed by atoms with Crippen LogP contribution in [0.4, 0.5) is 0 Å². The molecule has 0 aliphatic rings. The average Bonchev–Trinajstić information content (AvgIpc) is 3.26. The Morgan fingerprint density at radius 2 is 0.645 bits per heavy atom. The minimum Gasteiger partial charge on any atom is -0.462 e. The van der Waals surface area contributed by atoms with Crippen molar-refractivity contribution in [3.05, 3.63) is 54.6 Å². The fourth-order valence-corrected chi connectivity index (χ4v) is 8.81. The average molecular weight is 887 g/mol. The van der Waals surface area contributed by atoms with Crippen LogP contribution in [-0.4, -0.2) is 38.1 Å². The topological polar surface area (TPSA) is 107 Å². The second kappa shape index (κ2) is 42.5. The van der Waals surface area contributed by atoms with Crippen molar-refractivity contribution in [2.24, 2.45) is 0 Å². The summed E-state index contributed by atoms with van der Waals surface area (Å²) in [7, 11) is -4.57. The molecule has 0 heterocycles. The van der Waals surface area contributed by atoms with Crippen molar-refractivity contribution in [3.63, 3.8) is 0 Å². The van der Waals surface area contributed by atoms with E-state index in [9.17, 15) is 22.6 Å². The lowest BCUT2D eigenvalue weighted by molar-refractivity contribution is 0.0450. The van der Waals surface area contributed by atoms with E-state index >= 15 is 0 Å². The number of unbranched alkanes of at least 4 members (excludes halogenated alkanes) is 38. The van der Waals surface area contributed by atoms with Crippen molar-refractivity contribution in [1.29, 1.82) is 0 Å². The van der Waals surface area contributed by atoms with Crippen LogP contribution in [-0.2, 0) is 19.6 Å². The van der Waals surface area contributed by atoms with Gasteiger partial charge in [-0.2, -0.15) is 8.42 Å². The Balaban J connectivity index is 2.10. The highest BCUT2D eigenvalue weighted by molar-refractivity contribution is 7.85. The van der Waals surface area contributed by atoms with Gasteiger partial charge in [0.2, 0.25) is 0 Å².